The lowest BCUT2D eigenvalue weighted by molar-refractivity contribution is -0.0778. The van der Waals surface area contributed by atoms with Gasteiger partial charge in [-0.3, -0.25) is 0 Å². The number of rotatable bonds is 3. The SMILES string of the molecule is CCC1(C)C(O)CC1c1cccc(OC)c1. The standard InChI is InChI=1S/C14H20O2/c1-4-14(2)12(9-13(14)15)10-6-5-7-11(8-10)16-3/h5-8,12-13,15H,4,9H2,1-3H3. The third kappa shape index (κ3) is 1.61. The Morgan fingerprint density at radius 2 is 2.25 bits per heavy atom. The van der Waals surface area contributed by atoms with Crippen LogP contribution in [0.4, 0.5) is 0 Å². The Balaban J connectivity index is 2.25. The van der Waals surface area contributed by atoms with Crippen LogP contribution >= 0.6 is 0 Å². The zero-order valence-corrected chi connectivity index (χ0v) is 10.2. The van der Waals surface area contributed by atoms with E-state index >= 15 is 0 Å². The molecule has 2 rings (SSSR count). The summed E-state index contributed by atoms with van der Waals surface area (Å²) in [6, 6.07) is 8.20. The third-order valence-corrected chi connectivity index (χ3v) is 4.27. The average Bonchev–Trinajstić information content (AvgIpc) is 2.34. The second-order valence-electron chi connectivity index (χ2n) is 4.94. The van der Waals surface area contributed by atoms with Gasteiger partial charge in [-0.1, -0.05) is 26.0 Å². The predicted octanol–water partition coefficient (Wildman–Crippen LogP) is 2.96. The molecule has 3 unspecified atom stereocenters. The van der Waals surface area contributed by atoms with Crippen molar-refractivity contribution in [3.8, 4) is 5.75 Å². The summed E-state index contributed by atoms with van der Waals surface area (Å²) >= 11 is 0. The van der Waals surface area contributed by atoms with Crippen LogP contribution in [0.2, 0.25) is 0 Å². The smallest absolute Gasteiger partial charge is 0.119 e. The molecular formula is C14H20O2. The first-order valence-electron chi connectivity index (χ1n) is 5.94. The van der Waals surface area contributed by atoms with Gasteiger partial charge in [-0.25, -0.2) is 0 Å². The molecule has 0 aliphatic heterocycles. The van der Waals surface area contributed by atoms with Gasteiger partial charge in [0.05, 0.1) is 13.2 Å². The van der Waals surface area contributed by atoms with Crippen molar-refractivity contribution in [1.82, 2.24) is 0 Å². The van der Waals surface area contributed by atoms with Crippen LogP contribution in [0.25, 0.3) is 0 Å². The Labute approximate surface area is 97.3 Å². The van der Waals surface area contributed by atoms with Gasteiger partial charge in [0.1, 0.15) is 5.75 Å². The molecular weight excluding hydrogens is 200 g/mol. The maximum Gasteiger partial charge on any atom is 0.119 e. The van der Waals surface area contributed by atoms with Gasteiger partial charge >= 0.3 is 0 Å². The Kier molecular flexibility index (Phi) is 2.94. The van der Waals surface area contributed by atoms with E-state index in [0.717, 1.165) is 18.6 Å². The number of hydrogen-bond acceptors (Lipinski definition) is 2. The summed E-state index contributed by atoms with van der Waals surface area (Å²) in [5.41, 5.74) is 1.32. The number of aliphatic hydroxyl groups excluding tert-OH is 1. The fraction of sp³-hybridized carbons (Fsp3) is 0.571. The van der Waals surface area contributed by atoms with E-state index in [1.54, 1.807) is 7.11 Å². The minimum absolute atomic E-state index is 0.0341. The molecule has 0 heterocycles. The van der Waals surface area contributed by atoms with E-state index in [9.17, 15) is 5.11 Å². The zero-order chi connectivity index (χ0) is 11.8. The van der Waals surface area contributed by atoms with Crippen LogP contribution in [-0.4, -0.2) is 18.3 Å². The van der Waals surface area contributed by atoms with Crippen molar-refractivity contribution in [1.29, 1.82) is 0 Å². The van der Waals surface area contributed by atoms with E-state index in [-0.39, 0.29) is 11.5 Å². The molecule has 1 aromatic carbocycles. The van der Waals surface area contributed by atoms with Crippen LogP contribution in [0.5, 0.6) is 5.75 Å². The van der Waals surface area contributed by atoms with E-state index in [1.807, 2.05) is 12.1 Å². The Morgan fingerprint density at radius 1 is 1.50 bits per heavy atom. The predicted molar refractivity (Wildman–Crippen MR) is 64.8 cm³/mol. The minimum Gasteiger partial charge on any atom is -0.497 e. The summed E-state index contributed by atoms with van der Waals surface area (Å²) in [6.07, 6.45) is 1.72. The lowest BCUT2D eigenvalue weighted by Crippen LogP contribution is -2.49. The molecule has 0 saturated heterocycles. The van der Waals surface area contributed by atoms with Crippen molar-refractivity contribution < 1.29 is 9.84 Å². The summed E-state index contributed by atoms with van der Waals surface area (Å²) in [5.74, 6) is 1.36. The van der Waals surface area contributed by atoms with Crippen molar-refractivity contribution in [2.24, 2.45) is 5.41 Å². The number of benzene rings is 1. The van der Waals surface area contributed by atoms with Crippen molar-refractivity contribution in [3.63, 3.8) is 0 Å². The van der Waals surface area contributed by atoms with Crippen LogP contribution in [-0.2, 0) is 0 Å². The quantitative estimate of drug-likeness (QED) is 0.848. The molecule has 1 saturated carbocycles. The van der Waals surface area contributed by atoms with Gasteiger partial charge in [0.2, 0.25) is 0 Å². The topological polar surface area (TPSA) is 29.5 Å². The lowest BCUT2D eigenvalue weighted by Gasteiger charge is -2.51. The van der Waals surface area contributed by atoms with Crippen LogP contribution in [0.15, 0.2) is 24.3 Å². The summed E-state index contributed by atoms with van der Waals surface area (Å²) < 4.78 is 5.24. The molecule has 1 N–H and O–H groups in total. The van der Waals surface area contributed by atoms with E-state index in [0.29, 0.717) is 5.92 Å². The van der Waals surface area contributed by atoms with Crippen LogP contribution in [0.3, 0.4) is 0 Å². The lowest BCUT2D eigenvalue weighted by atomic mass is 9.55. The first-order valence-corrected chi connectivity index (χ1v) is 5.94. The molecule has 0 bridgehead atoms. The molecule has 1 aromatic rings. The van der Waals surface area contributed by atoms with Gasteiger partial charge in [-0.2, -0.15) is 0 Å². The van der Waals surface area contributed by atoms with Crippen molar-refractivity contribution >= 4 is 0 Å². The number of ether oxygens (including phenoxy) is 1. The van der Waals surface area contributed by atoms with Gasteiger partial charge in [0.15, 0.2) is 0 Å². The molecule has 2 nitrogen and oxygen atoms in total. The van der Waals surface area contributed by atoms with Crippen LogP contribution in [0, 0.1) is 5.41 Å². The summed E-state index contributed by atoms with van der Waals surface area (Å²) in [4.78, 5) is 0. The van der Waals surface area contributed by atoms with Gasteiger partial charge in [-0.15, -0.1) is 0 Å². The van der Waals surface area contributed by atoms with Gasteiger partial charge in [0, 0.05) is 5.41 Å². The molecule has 1 fully saturated rings. The van der Waals surface area contributed by atoms with Crippen molar-refractivity contribution in [2.75, 3.05) is 7.11 Å². The maximum absolute atomic E-state index is 9.89. The zero-order valence-electron chi connectivity index (χ0n) is 10.2. The fourth-order valence-electron chi connectivity index (χ4n) is 2.69. The second-order valence-corrected chi connectivity index (χ2v) is 4.94. The fourth-order valence-corrected chi connectivity index (χ4v) is 2.69. The third-order valence-electron chi connectivity index (χ3n) is 4.27. The Hall–Kier alpha value is -1.02. The highest BCUT2D eigenvalue weighted by atomic mass is 16.5. The van der Waals surface area contributed by atoms with Gasteiger partial charge in [0.25, 0.3) is 0 Å². The molecule has 88 valence electrons. The molecule has 16 heavy (non-hydrogen) atoms. The first kappa shape index (κ1) is 11.5. The van der Waals surface area contributed by atoms with E-state index in [4.69, 9.17) is 4.74 Å². The highest BCUT2D eigenvalue weighted by Crippen LogP contribution is 2.55. The molecule has 2 heteroatoms. The molecule has 0 aromatic heterocycles. The van der Waals surface area contributed by atoms with E-state index in [1.165, 1.54) is 5.56 Å². The molecule has 0 amide bonds. The van der Waals surface area contributed by atoms with Crippen molar-refractivity contribution in [3.05, 3.63) is 29.8 Å². The first-order chi connectivity index (χ1) is 7.61. The Morgan fingerprint density at radius 3 is 2.81 bits per heavy atom. The number of methoxy groups -OCH3 is 1. The second kappa shape index (κ2) is 4.10. The normalized spacial score (nSPS) is 33.2. The summed E-state index contributed by atoms with van der Waals surface area (Å²) in [7, 11) is 1.69. The summed E-state index contributed by atoms with van der Waals surface area (Å²) in [6.45, 7) is 4.32. The number of aliphatic hydroxyl groups is 1. The molecule has 0 spiro atoms. The molecule has 3 atom stereocenters. The van der Waals surface area contributed by atoms with E-state index < -0.39 is 0 Å². The molecule has 1 aliphatic carbocycles. The van der Waals surface area contributed by atoms with Gasteiger partial charge in [-0.05, 0) is 36.5 Å². The highest BCUT2D eigenvalue weighted by Gasteiger charge is 2.49. The van der Waals surface area contributed by atoms with Crippen LogP contribution < -0.4 is 4.74 Å². The Bertz CT molecular complexity index is 375. The van der Waals surface area contributed by atoms with Crippen molar-refractivity contribution in [2.45, 2.75) is 38.7 Å². The van der Waals surface area contributed by atoms with Crippen LogP contribution in [0.1, 0.15) is 38.2 Å². The average molecular weight is 220 g/mol. The number of hydrogen-bond donors (Lipinski definition) is 1. The summed E-state index contributed by atoms with van der Waals surface area (Å²) in [5, 5.41) is 9.89. The molecule has 1 aliphatic rings. The maximum atomic E-state index is 9.89. The van der Waals surface area contributed by atoms with Gasteiger partial charge < -0.3 is 9.84 Å². The minimum atomic E-state index is -0.159. The molecule has 0 radical (unpaired) electrons. The monoisotopic (exact) mass is 220 g/mol. The van der Waals surface area contributed by atoms with E-state index in [2.05, 4.69) is 26.0 Å². The largest absolute Gasteiger partial charge is 0.497 e. The highest BCUT2D eigenvalue weighted by molar-refractivity contribution is 5.34.